The maximum atomic E-state index is 12.0. The van der Waals surface area contributed by atoms with Crippen molar-refractivity contribution in [3.8, 4) is 0 Å². The highest BCUT2D eigenvalue weighted by Crippen LogP contribution is 2.16. The number of rotatable bonds is 7. The Bertz CT molecular complexity index is 211. The van der Waals surface area contributed by atoms with Gasteiger partial charge in [-0.05, 0) is 34.1 Å². The van der Waals surface area contributed by atoms with Crippen LogP contribution in [0.3, 0.4) is 0 Å². The summed E-state index contributed by atoms with van der Waals surface area (Å²) in [5.41, 5.74) is 5.26. The smallest absolute Gasteiger partial charge is 0.251 e. The number of carbonyl (C=O) groups excluding carboxylic acids is 1. The first-order valence-corrected chi connectivity index (χ1v) is 6.10. The fourth-order valence-electron chi connectivity index (χ4n) is 1.55. The molecule has 96 valence electrons. The van der Waals surface area contributed by atoms with Gasteiger partial charge in [0.2, 0.25) is 0 Å². The van der Waals surface area contributed by atoms with Gasteiger partial charge in [0.15, 0.2) is 0 Å². The van der Waals surface area contributed by atoms with Gasteiger partial charge in [-0.1, -0.05) is 6.92 Å². The predicted molar refractivity (Wildman–Crippen MR) is 66.2 cm³/mol. The van der Waals surface area contributed by atoms with Crippen molar-refractivity contribution in [3.63, 3.8) is 0 Å². The standard InChI is InChI=1S/C12H26N2O2/c1-6-12(5,9-13)16-10(4)11(15)14(7-2)8-3/h10H,6-9,13H2,1-5H3. The second-order valence-electron chi connectivity index (χ2n) is 4.28. The average molecular weight is 230 g/mol. The second kappa shape index (κ2) is 6.86. The van der Waals surface area contributed by atoms with Gasteiger partial charge in [0.05, 0.1) is 5.60 Å². The van der Waals surface area contributed by atoms with Crippen LogP contribution in [0.15, 0.2) is 0 Å². The van der Waals surface area contributed by atoms with Crippen LogP contribution in [0.4, 0.5) is 0 Å². The maximum Gasteiger partial charge on any atom is 0.251 e. The van der Waals surface area contributed by atoms with Crippen molar-refractivity contribution in [1.82, 2.24) is 4.90 Å². The molecule has 0 saturated heterocycles. The largest absolute Gasteiger partial charge is 0.361 e. The minimum atomic E-state index is -0.423. The van der Waals surface area contributed by atoms with Crippen molar-refractivity contribution < 1.29 is 9.53 Å². The van der Waals surface area contributed by atoms with Crippen LogP contribution in [0.25, 0.3) is 0 Å². The van der Waals surface area contributed by atoms with E-state index in [0.717, 1.165) is 6.42 Å². The Kier molecular flexibility index (Phi) is 6.60. The number of nitrogens with two attached hydrogens (primary N) is 1. The Hall–Kier alpha value is -0.610. The number of likely N-dealkylation sites (N-methyl/N-ethyl adjacent to an activating group) is 1. The molecule has 0 heterocycles. The zero-order valence-electron chi connectivity index (χ0n) is 11.2. The van der Waals surface area contributed by atoms with E-state index in [1.54, 1.807) is 11.8 Å². The number of nitrogens with zero attached hydrogens (tertiary/aromatic N) is 1. The molecule has 0 spiro atoms. The highest BCUT2D eigenvalue weighted by molar-refractivity contribution is 5.80. The summed E-state index contributed by atoms with van der Waals surface area (Å²) in [7, 11) is 0. The summed E-state index contributed by atoms with van der Waals surface area (Å²) in [5, 5.41) is 0. The van der Waals surface area contributed by atoms with E-state index in [1.165, 1.54) is 0 Å². The Labute approximate surface area is 99.1 Å². The van der Waals surface area contributed by atoms with Gasteiger partial charge in [0.1, 0.15) is 6.10 Å². The molecule has 0 rings (SSSR count). The molecule has 0 saturated carbocycles. The lowest BCUT2D eigenvalue weighted by molar-refractivity contribution is -0.153. The normalized spacial score (nSPS) is 16.6. The van der Waals surface area contributed by atoms with E-state index in [0.29, 0.717) is 19.6 Å². The lowest BCUT2D eigenvalue weighted by atomic mass is 10.0. The number of hydrogen-bond acceptors (Lipinski definition) is 3. The Morgan fingerprint density at radius 3 is 2.19 bits per heavy atom. The van der Waals surface area contributed by atoms with E-state index in [1.807, 2.05) is 27.7 Å². The first-order valence-electron chi connectivity index (χ1n) is 6.10. The summed E-state index contributed by atoms with van der Waals surface area (Å²) in [6, 6.07) is 0. The first kappa shape index (κ1) is 15.4. The lowest BCUT2D eigenvalue weighted by Crippen LogP contribution is -2.46. The van der Waals surface area contributed by atoms with Gasteiger partial charge in [0.25, 0.3) is 5.91 Å². The molecule has 2 unspecified atom stereocenters. The summed E-state index contributed by atoms with van der Waals surface area (Å²) < 4.78 is 5.77. The van der Waals surface area contributed by atoms with Crippen LogP contribution in [-0.2, 0) is 9.53 Å². The van der Waals surface area contributed by atoms with Crippen LogP contribution in [0.2, 0.25) is 0 Å². The molecule has 0 aromatic carbocycles. The maximum absolute atomic E-state index is 12.0. The van der Waals surface area contributed by atoms with Gasteiger partial charge in [-0.3, -0.25) is 4.79 Å². The molecule has 4 heteroatoms. The number of ether oxygens (including phenoxy) is 1. The molecular weight excluding hydrogens is 204 g/mol. The van der Waals surface area contributed by atoms with Gasteiger partial charge < -0.3 is 15.4 Å². The average Bonchev–Trinajstić information content (AvgIpc) is 2.30. The number of hydrogen-bond donors (Lipinski definition) is 1. The van der Waals surface area contributed by atoms with E-state index in [4.69, 9.17) is 10.5 Å². The van der Waals surface area contributed by atoms with Crippen LogP contribution < -0.4 is 5.73 Å². The van der Waals surface area contributed by atoms with Gasteiger partial charge >= 0.3 is 0 Å². The quantitative estimate of drug-likeness (QED) is 0.719. The van der Waals surface area contributed by atoms with Gasteiger partial charge in [-0.15, -0.1) is 0 Å². The van der Waals surface area contributed by atoms with Crippen LogP contribution >= 0.6 is 0 Å². The minimum absolute atomic E-state index is 0.0399. The molecule has 0 fully saturated rings. The van der Waals surface area contributed by atoms with Crippen molar-refractivity contribution in [2.75, 3.05) is 19.6 Å². The monoisotopic (exact) mass is 230 g/mol. The summed E-state index contributed by atoms with van der Waals surface area (Å²) in [6.45, 7) is 11.6. The molecule has 0 bridgehead atoms. The van der Waals surface area contributed by atoms with Gasteiger partial charge in [0, 0.05) is 19.6 Å². The Balaban J connectivity index is 4.45. The SMILES string of the molecule is CCN(CC)C(=O)C(C)OC(C)(CC)CN. The van der Waals surface area contributed by atoms with E-state index in [2.05, 4.69) is 0 Å². The third kappa shape index (κ3) is 4.10. The first-order chi connectivity index (χ1) is 7.44. The topological polar surface area (TPSA) is 55.6 Å². The van der Waals surface area contributed by atoms with Crippen molar-refractivity contribution >= 4 is 5.91 Å². The van der Waals surface area contributed by atoms with Crippen LogP contribution in [-0.4, -0.2) is 42.1 Å². The number of carbonyl (C=O) groups is 1. The predicted octanol–water partition coefficient (Wildman–Crippen LogP) is 1.39. The van der Waals surface area contributed by atoms with Crippen LogP contribution in [0.5, 0.6) is 0 Å². The molecule has 4 nitrogen and oxygen atoms in total. The molecule has 16 heavy (non-hydrogen) atoms. The molecule has 0 aliphatic heterocycles. The van der Waals surface area contributed by atoms with Crippen LogP contribution in [0, 0.1) is 0 Å². The summed E-state index contributed by atoms with van der Waals surface area (Å²) in [6.07, 6.45) is 0.382. The fraction of sp³-hybridized carbons (Fsp3) is 0.917. The molecule has 0 radical (unpaired) electrons. The Morgan fingerprint density at radius 2 is 1.88 bits per heavy atom. The third-order valence-electron chi connectivity index (χ3n) is 3.06. The summed E-state index contributed by atoms with van der Waals surface area (Å²) in [4.78, 5) is 13.8. The van der Waals surface area contributed by atoms with Crippen molar-refractivity contribution in [2.45, 2.75) is 52.7 Å². The van der Waals surface area contributed by atoms with E-state index < -0.39 is 11.7 Å². The fourth-order valence-corrected chi connectivity index (χ4v) is 1.55. The lowest BCUT2D eigenvalue weighted by Gasteiger charge is -2.32. The minimum Gasteiger partial charge on any atom is -0.361 e. The van der Waals surface area contributed by atoms with Crippen molar-refractivity contribution in [1.29, 1.82) is 0 Å². The molecule has 0 aliphatic carbocycles. The van der Waals surface area contributed by atoms with Crippen molar-refractivity contribution in [2.24, 2.45) is 5.73 Å². The number of amides is 1. The molecular formula is C12H26N2O2. The molecule has 0 aliphatic rings. The third-order valence-corrected chi connectivity index (χ3v) is 3.06. The van der Waals surface area contributed by atoms with Gasteiger partial charge in [-0.25, -0.2) is 0 Å². The van der Waals surface area contributed by atoms with E-state index in [-0.39, 0.29) is 5.91 Å². The molecule has 2 N–H and O–H groups in total. The zero-order chi connectivity index (χ0) is 12.8. The molecule has 0 aromatic heterocycles. The second-order valence-corrected chi connectivity index (χ2v) is 4.28. The van der Waals surface area contributed by atoms with Crippen LogP contribution in [0.1, 0.15) is 41.0 Å². The summed E-state index contributed by atoms with van der Waals surface area (Å²) >= 11 is 0. The molecule has 1 amide bonds. The van der Waals surface area contributed by atoms with E-state index >= 15 is 0 Å². The Morgan fingerprint density at radius 1 is 1.38 bits per heavy atom. The van der Waals surface area contributed by atoms with Crippen molar-refractivity contribution in [3.05, 3.63) is 0 Å². The molecule has 2 atom stereocenters. The molecule has 0 aromatic rings. The van der Waals surface area contributed by atoms with E-state index in [9.17, 15) is 4.79 Å². The highest BCUT2D eigenvalue weighted by Gasteiger charge is 2.28. The zero-order valence-corrected chi connectivity index (χ0v) is 11.2. The van der Waals surface area contributed by atoms with Gasteiger partial charge in [-0.2, -0.15) is 0 Å². The highest BCUT2D eigenvalue weighted by atomic mass is 16.5. The summed E-state index contributed by atoms with van der Waals surface area (Å²) in [5.74, 6) is 0.0399.